The van der Waals surface area contributed by atoms with E-state index < -0.39 is 0 Å². The van der Waals surface area contributed by atoms with Gasteiger partial charge in [0.1, 0.15) is 5.82 Å². The molecule has 0 radical (unpaired) electrons. The lowest BCUT2D eigenvalue weighted by Crippen LogP contribution is -2.56. The number of H-pyrrole nitrogens is 2. The summed E-state index contributed by atoms with van der Waals surface area (Å²) in [4.78, 5) is 19.2. The lowest BCUT2D eigenvalue weighted by atomic mass is 10.1. The fourth-order valence-electron chi connectivity index (χ4n) is 3.80. The minimum atomic E-state index is 0.211. The van der Waals surface area contributed by atoms with Crippen molar-refractivity contribution in [3.8, 4) is 22.6 Å². The third-order valence-electron chi connectivity index (χ3n) is 5.36. The zero-order valence-corrected chi connectivity index (χ0v) is 15.5. The van der Waals surface area contributed by atoms with Gasteiger partial charge in [0.05, 0.1) is 29.5 Å². The number of nitrogens with one attached hydrogen (secondary N) is 2. The van der Waals surface area contributed by atoms with Crippen molar-refractivity contribution in [2.24, 2.45) is 5.73 Å². The van der Waals surface area contributed by atoms with Crippen molar-refractivity contribution < 1.29 is 0 Å². The van der Waals surface area contributed by atoms with Gasteiger partial charge in [-0.2, -0.15) is 5.10 Å². The molecule has 4 aromatic heterocycles. The summed E-state index contributed by atoms with van der Waals surface area (Å²) in [5.74, 6) is 0.840. The van der Waals surface area contributed by atoms with Crippen LogP contribution in [-0.2, 0) is 0 Å². The number of anilines is 1. The molecule has 1 aromatic carbocycles. The Morgan fingerprint density at radius 1 is 1.07 bits per heavy atom. The maximum atomic E-state index is 5.89. The Hall–Kier alpha value is -3.78. The second-order valence-corrected chi connectivity index (χ2v) is 7.39. The summed E-state index contributed by atoms with van der Waals surface area (Å²) in [5, 5.41) is 9.57. The van der Waals surface area contributed by atoms with E-state index in [0.717, 1.165) is 57.8 Å². The molecule has 0 saturated carbocycles. The Balaban J connectivity index is 1.43. The Bertz CT molecular complexity index is 1310. The van der Waals surface area contributed by atoms with Crippen LogP contribution in [0.3, 0.4) is 0 Å². The van der Waals surface area contributed by atoms with E-state index in [2.05, 4.69) is 54.3 Å². The number of pyridine rings is 1. The standard InChI is InChI=1S/C21H18N8/c22-14-10-29(11-14)19-9-23-8-18(26-19)13-5-15-20(27-28-21(15)24-7-13)17-6-12-3-1-2-4-16(12)25-17/h1-9,14,25H,10-11,22H2,(H,24,27,28). The van der Waals surface area contributed by atoms with Gasteiger partial charge in [-0.25, -0.2) is 9.97 Å². The summed E-state index contributed by atoms with van der Waals surface area (Å²) in [6, 6.07) is 12.6. The number of nitrogens with two attached hydrogens (primary N) is 1. The van der Waals surface area contributed by atoms with Crippen LogP contribution in [0.15, 0.2) is 55.0 Å². The summed E-state index contributed by atoms with van der Waals surface area (Å²) in [5.41, 5.74) is 11.2. The maximum absolute atomic E-state index is 5.89. The molecule has 0 unspecified atom stereocenters. The fourth-order valence-corrected chi connectivity index (χ4v) is 3.80. The van der Waals surface area contributed by atoms with Gasteiger partial charge in [0.15, 0.2) is 5.65 Å². The number of benzene rings is 1. The molecule has 0 atom stereocenters. The van der Waals surface area contributed by atoms with Crippen LogP contribution < -0.4 is 10.6 Å². The first-order valence-corrected chi connectivity index (χ1v) is 9.50. The van der Waals surface area contributed by atoms with Gasteiger partial charge in [-0.05, 0) is 18.2 Å². The van der Waals surface area contributed by atoms with Crippen molar-refractivity contribution in [1.82, 2.24) is 30.1 Å². The zero-order valence-electron chi connectivity index (χ0n) is 15.5. The van der Waals surface area contributed by atoms with Gasteiger partial charge in [0.2, 0.25) is 0 Å². The summed E-state index contributed by atoms with van der Waals surface area (Å²) < 4.78 is 0. The van der Waals surface area contributed by atoms with E-state index in [1.165, 1.54) is 0 Å². The van der Waals surface area contributed by atoms with Crippen molar-refractivity contribution >= 4 is 27.8 Å². The molecule has 0 aliphatic carbocycles. The smallest absolute Gasteiger partial charge is 0.181 e. The second-order valence-electron chi connectivity index (χ2n) is 7.39. The number of hydrogen-bond acceptors (Lipinski definition) is 6. The van der Waals surface area contributed by atoms with E-state index in [1.54, 1.807) is 18.6 Å². The van der Waals surface area contributed by atoms with Crippen molar-refractivity contribution in [3.63, 3.8) is 0 Å². The van der Waals surface area contributed by atoms with Crippen LogP contribution >= 0.6 is 0 Å². The molecule has 4 N–H and O–H groups in total. The van der Waals surface area contributed by atoms with E-state index in [9.17, 15) is 0 Å². The van der Waals surface area contributed by atoms with Crippen molar-refractivity contribution in [1.29, 1.82) is 0 Å². The summed E-state index contributed by atoms with van der Waals surface area (Å²) in [7, 11) is 0. The van der Waals surface area contributed by atoms with Gasteiger partial charge >= 0.3 is 0 Å². The number of rotatable bonds is 3. The second kappa shape index (κ2) is 6.11. The first-order valence-electron chi connectivity index (χ1n) is 9.50. The van der Waals surface area contributed by atoms with Gasteiger partial charge in [-0.1, -0.05) is 18.2 Å². The maximum Gasteiger partial charge on any atom is 0.181 e. The number of fused-ring (bicyclic) bond motifs is 2. The lowest BCUT2D eigenvalue weighted by molar-refractivity contribution is 0.514. The molecule has 1 fully saturated rings. The largest absolute Gasteiger partial charge is 0.353 e. The normalized spacial score (nSPS) is 14.6. The number of nitrogens with zero attached hydrogens (tertiary/aromatic N) is 5. The summed E-state index contributed by atoms with van der Waals surface area (Å²) >= 11 is 0. The molecule has 1 saturated heterocycles. The van der Waals surface area contributed by atoms with Crippen molar-refractivity contribution in [2.45, 2.75) is 6.04 Å². The SMILES string of the molecule is NC1CN(c2cncc(-c3cnc4n[nH]c(-c5cc6ccccc6[nH]5)c4c3)n2)C1. The third kappa shape index (κ3) is 2.65. The molecule has 8 heteroatoms. The molecule has 1 aliphatic heterocycles. The highest BCUT2D eigenvalue weighted by Crippen LogP contribution is 2.30. The van der Waals surface area contributed by atoms with Crippen LogP contribution in [0.25, 0.3) is 44.6 Å². The monoisotopic (exact) mass is 382 g/mol. The van der Waals surface area contributed by atoms with Gasteiger partial charge in [-0.15, -0.1) is 0 Å². The molecule has 5 heterocycles. The highest BCUT2D eigenvalue weighted by atomic mass is 15.3. The average Bonchev–Trinajstić information content (AvgIpc) is 3.34. The minimum Gasteiger partial charge on any atom is -0.353 e. The molecular weight excluding hydrogens is 364 g/mol. The minimum absolute atomic E-state index is 0.211. The Morgan fingerprint density at radius 3 is 2.83 bits per heavy atom. The predicted molar refractivity (Wildman–Crippen MR) is 112 cm³/mol. The first kappa shape index (κ1) is 16.2. The molecule has 0 amide bonds. The van der Waals surface area contributed by atoms with Gasteiger partial charge in [-0.3, -0.25) is 10.1 Å². The molecule has 0 spiro atoms. The number of para-hydroxylation sites is 1. The number of aromatic amines is 2. The molecule has 0 bridgehead atoms. The van der Waals surface area contributed by atoms with E-state index in [4.69, 9.17) is 10.7 Å². The lowest BCUT2D eigenvalue weighted by Gasteiger charge is -2.37. The molecular formula is C21H18N8. The number of aromatic nitrogens is 6. The van der Waals surface area contributed by atoms with E-state index >= 15 is 0 Å². The molecule has 142 valence electrons. The molecule has 5 aromatic rings. The van der Waals surface area contributed by atoms with Crippen LogP contribution in [-0.4, -0.2) is 49.3 Å². The van der Waals surface area contributed by atoms with Crippen LogP contribution in [0.4, 0.5) is 5.82 Å². The Kier molecular flexibility index (Phi) is 3.41. The van der Waals surface area contributed by atoms with Crippen LogP contribution in [0, 0.1) is 0 Å². The highest BCUT2D eigenvalue weighted by molar-refractivity contribution is 5.95. The van der Waals surface area contributed by atoms with E-state index in [1.807, 2.05) is 12.1 Å². The molecule has 8 nitrogen and oxygen atoms in total. The molecule has 6 rings (SSSR count). The zero-order chi connectivity index (χ0) is 19.4. The van der Waals surface area contributed by atoms with E-state index in [-0.39, 0.29) is 6.04 Å². The highest BCUT2D eigenvalue weighted by Gasteiger charge is 2.24. The predicted octanol–water partition coefficient (Wildman–Crippen LogP) is 2.71. The molecule has 29 heavy (non-hydrogen) atoms. The Morgan fingerprint density at radius 2 is 1.97 bits per heavy atom. The molecule has 1 aliphatic rings. The summed E-state index contributed by atoms with van der Waals surface area (Å²) in [6.07, 6.45) is 5.32. The van der Waals surface area contributed by atoms with Crippen LogP contribution in [0.1, 0.15) is 0 Å². The average molecular weight is 382 g/mol. The van der Waals surface area contributed by atoms with Gasteiger partial charge < -0.3 is 15.6 Å². The van der Waals surface area contributed by atoms with Crippen LogP contribution in [0.5, 0.6) is 0 Å². The topological polar surface area (TPSA) is 112 Å². The van der Waals surface area contributed by atoms with Crippen molar-refractivity contribution in [2.75, 3.05) is 18.0 Å². The number of hydrogen-bond donors (Lipinski definition) is 3. The van der Waals surface area contributed by atoms with Gasteiger partial charge in [0, 0.05) is 47.2 Å². The Labute approximate surface area is 165 Å². The fraction of sp³-hybridized carbons (Fsp3) is 0.143. The van der Waals surface area contributed by atoms with Gasteiger partial charge in [0.25, 0.3) is 0 Å². The quantitative estimate of drug-likeness (QED) is 0.442. The summed E-state index contributed by atoms with van der Waals surface area (Å²) in [6.45, 7) is 1.61. The van der Waals surface area contributed by atoms with E-state index in [0.29, 0.717) is 5.65 Å². The third-order valence-corrected chi connectivity index (χ3v) is 5.36. The first-order chi connectivity index (χ1) is 14.2. The van der Waals surface area contributed by atoms with Crippen molar-refractivity contribution in [3.05, 3.63) is 55.0 Å². The van der Waals surface area contributed by atoms with Crippen LogP contribution in [0.2, 0.25) is 0 Å².